The van der Waals surface area contributed by atoms with Gasteiger partial charge in [-0.3, -0.25) is 9.52 Å². The summed E-state index contributed by atoms with van der Waals surface area (Å²) in [5.74, 6) is 0.567. The maximum atomic E-state index is 13.0. The number of hydrogen-bond donors (Lipinski definition) is 4. The van der Waals surface area contributed by atoms with E-state index >= 15 is 0 Å². The Hall–Kier alpha value is -3.13. The standard InChI is InChI=1S/C23H28N6O5S2/c1-16(14-30)25-19-13-20(27-23(26-19)35-15-17-5-3-2-4-6-17)28-36(32,33)21-8-7-18(34-21)22(31)29-11-9-24-10-12-29/h2-8,13,16,24,30H,9-12,14-15H2,1H3,(H2,25,26,27,28)/t16-/m1/s1. The Kier molecular flexibility index (Phi) is 8.46. The third kappa shape index (κ3) is 6.75. The van der Waals surface area contributed by atoms with Crippen molar-refractivity contribution in [1.82, 2.24) is 20.2 Å². The van der Waals surface area contributed by atoms with Gasteiger partial charge in [0, 0.05) is 44.0 Å². The highest BCUT2D eigenvalue weighted by Gasteiger charge is 2.26. The van der Waals surface area contributed by atoms with E-state index in [-0.39, 0.29) is 30.1 Å². The molecule has 4 rings (SSSR count). The lowest BCUT2D eigenvalue weighted by Gasteiger charge is -2.26. The lowest BCUT2D eigenvalue weighted by Crippen LogP contribution is -2.46. The molecular formula is C23H28N6O5S2. The first-order chi connectivity index (χ1) is 17.3. The van der Waals surface area contributed by atoms with E-state index in [1.54, 1.807) is 11.8 Å². The van der Waals surface area contributed by atoms with E-state index < -0.39 is 15.1 Å². The van der Waals surface area contributed by atoms with E-state index in [1.807, 2.05) is 30.3 Å². The molecule has 13 heteroatoms. The SMILES string of the molecule is C[C@H](CO)Nc1cc(NS(=O)(=O)c2ccc(C(=O)N3CCNCC3)o2)nc(SCc2ccccc2)n1. The second-order valence-corrected chi connectivity index (χ2v) is 10.7. The van der Waals surface area contributed by atoms with Gasteiger partial charge in [-0.15, -0.1) is 0 Å². The number of aromatic nitrogens is 2. The summed E-state index contributed by atoms with van der Waals surface area (Å²) in [7, 11) is -4.17. The van der Waals surface area contributed by atoms with Crippen LogP contribution in [0.4, 0.5) is 11.6 Å². The molecular weight excluding hydrogens is 504 g/mol. The van der Waals surface area contributed by atoms with Crippen LogP contribution in [0.2, 0.25) is 0 Å². The third-order valence-electron chi connectivity index (χ3n) is 5.28. The van der Waals surface area contributed by atoms with E-state index in [0.29, 0.717) is 42.9 Å². The Balaban J connectivity index is 1.53. The number of benzene rings is 1. The smallest absolute Gasteiger partial charge is 0.296 e. The van der Waals surface area contributed by atoms with Crippen LogP contribution in [0.25, 0.3) is 0 Å². The Bertz CT molecular complexity index is 1280. The van der Waals surface area contributed by atoms with Gasteiger partial charge in [0.25, 0.3) is 15.9 Å². The molecule has 0 unspecified atom stereocenters. The van der Waals surface area contributed by atoms with Gasteiger partial charge in [0.2, 0.25) is 5.09 Å². The van der Waals surface area contributed by atoms with Crippen LogP contribution in [0, 0.1) is 0 Å². The van der Waals surface area contributed by atoms with E-state index in [9.17, 15) is 18.3 Å². The highest BCUT2D eigenvalue weighted by Crippen LogP contribution is 2.25. The van der Waals surface area contributed by atoms with Crippen molar-refractivity contribution in [3.63, 3.8) is 0 Å². The molecule has 3 aromatic rings. The number of amides is 1. The lowest BCUT2D eigenvalue weighted by molar-refractivity contribution is 0.0698. The van der Waals surface area contributed by atoms with Crippen molar-refractivity contribution in [3.05, 3.63) is 59.9 Å². The number of aliphatic hydroxyl groups is 1. The average molecular weight is 533 g/mol. The van der Waals surface area contributed by atoms with Gasteiger partial charge in [-0.25, -0.2) is 9.97 Å². The van der Waals surface area contributed by atoms with Crippen molar-refractivity contribution in [3.8, 4) is 0 Å². The summed E-state index contributed by atoms with van der Waals surface area (Å²) in [6.07, 6.45) is 0. The van der Waals surface area contributed by atoms with Crippen LogP contribution in [0.15, 0.2) is 63.2 Å². The van der Waals surface area contributed by atoms with E-state index in [0.717, 1.165) is 5.56 Å². The van der Waals surface area contributed by atoms with Gasteiger partial charge in [-0.1, -0.05) is 42.1 Å². The number of thioether (sulfide) groups is 1. The summed E-state index contributed by atoms with van der Waals surface area (Å²) < 4.78 is 33.9. The zero-order valence-corrected chi connectivity index (χ0v) is 21.3. The van der Waals surface area contributed by atoms with Gasteiger partial charge in [0.05, 0.1) is 6.61 Å². The van der Waals surface area contributed by atoms with Crippen molar-refractivity contribution in [2.24, 2.45) is 0 Å². The van der Waals surface area contributed by atoms with Crippen molar-refractivity contribution in [1.29, 1.82) is 0 Å². The highest BCUT2D eigenvalue weighted by molar-refractivity contribution is 7.98. The topological polar surface area (TPSA) is 150 Å². The van der Waals surface area contributed by atoms with Gasteiger partial charge in [0.15, 0.2) is 10.9 Å². The summed E-state index contributed by atoms with van der Waals surface area (Å²) in [4.78, 5) is 23.0. The molecule has 1 fully saturated rings. The minimum absolute atomic E-state index is 0.0274. The number of hydrogen-bond acceptors (Lipinski definition) is 10. The lowest BCUT2D eigenvalue weighted by atomic mass is 10.2. The van der Waals surface area contributed by atoms with Gasteiger partial charge in [0.1, 0.15) is 11.6 Å². The van der Waals surface area contributed by atoms with Crippen molar-refractivity contribution in [2.45, 2.75) is 29.0 Å². The van der Waals surface area contributed by atoms with Gasteiger partial charge < -0.3 is 25.1 Å². The number of nitrogens with one attached hydrogen (secondary N) is 3. The molecule has 0 spiro atoms. The molecule has 2 aromatic heterocycles. The molecule has 1 aliphatic rings. The number of rotatable bonds is 10. The van der Waals surface area contributed by atoms with Gasteiger partial charge in [-0.2, -0.15) is 8.42 Å². The second kappa shape index (κ2) is 11.7. The predicted octanol–water partition coefficient (Wildman–Crippen LogP) is 2.00. The third-order valence-corrected chi connectivity index (χ3v) is 7.43. The van der Waals surface area contributed by atoms with Gasteiger partial charge >= 0.3 is 0 Å². The predicted molar refractivity (Wildman–Crippen MR) is 136 cm³/mol. The summed E-state index contributed by atoms with van der Waals surface area (Å²) in [5.41, 5.74) is 1.06. The van der Waals surface area contributed by atoms with E-state index in [1.165, 1.54) is 30.0 Å². The molecule has 1 saturated heterocycles. The first-order valence-corrected chi connectivity index (χ1v) is 13.9. The van der Waals surface area contributed by atoms with Crippen molar-refractivity contribution < 1.29 is 22.7 Å². The van der Waals surface area contributed by atoms with Crippen LogP contribution in [0.5, 0.6) is 0 Å². The number of furan rings is 1. The van der Waals surface area contributed by atoms with Crippen LogP contribution < -0.4 is 15.4 Å². The summed E-state index contributed by atoms with van der Waals surface area (Å²) in [6.45, 7) is 4.01. The molecule has 36 heavy (non-hydrogen) atoms. The Labute approximate surface area is 213 Å². The quantitative estimate of drug-likeness (QED) is 0.226. The van der Waals surface area contributed by atoms with Gasteiger partial charge in [-0.05, 0) is 24.6 Å². The fourth-order valence-electron chi connectivity index (χ4n) is 3.43. The number of sulfonamides is 1. The molecule has 1 aromatic carbocycles. The zero-order valence-electron chi connectivity index (χ0n) is 19.7. The van der Waals surface area contributed by atoms with Crippen LogP contribution in [0.1, 0.15) is 23.0 Å². The number of aliphatic hydroxyl groups excluding tert-OH is 1. The number of piperazine rings is 1. The second-order valence-electron chi connectivity index (χ2n) is 8.19. The first-order valence-electron chi connectivity index (χ1n) is 11.4. The fraction of sp³-hybridized carbons (Fsp3) is 0.348. The molecule has 0 aliphatic carbocycles. The number of carbonyl (C=O) groups excluding carboxylic acids is 1. The molecule has 1 amide bonds. The Morgan fingerprint density at radius 2 is 1.89 bits per heavy atom. The number of nitrogens with zero attached hydrogens (tertiary/aromatic N) is 3. The Morgan fingerprint density at radius 1 is 1.17 bits per heavy atom. The number of anilines is 2. The monoisotopic (exact) mass is 532 g/mol. The molecule has 1 atom stereocenters. The molecule has 0 bridgehead atoms. The summed E-state index contributed by atoms with van der Waals surface area (Å²) >= 11 is 1.34. The fourth-order valence-corrected chi connectivity index (χ4v) is 5.17. The molecule has 0 radical (unpaired) electrons. The van der Waals surface area contributed by atoms with Crippen molar-refractivity contribution >= 4 is 39.3 Å². The highest BCUT2D eigenvalue weighted by atomic mass is 32.2. The minimum atomic E-state index is -4.17. The average Bonchev–Trinajstić information content (AvgIpc) is 3.39. The zero-order chi connectivity index (χ0) is 25.5. The summed E-state index contributed by atoms with van der Waals surface area (Å²) in [5, 5.41) is 15.5. The number of carbonyl (C=O) groups is 1. The van der Waals surface area contributed by atoms with E-state index in [2.05, 4.69) is 25.3 Å². The van der Waals surface area contributed by atoms with Crippen LogP contribution in [-0.2, 0) is 15.8 Å². The normalized spacial score (nSPS) is 14.9. The van der Waals surface area contributed by atoms with Crippen LogP contribution in [-0.4, -0.2) is 73.1 Å². The summed E-state index contributed by atoms with van der Waals surface area (Å²) in [6, 6.07) is 13.5. The molecule has 192 valence electrons. The largest absolute Gasteiger partial charge is 0.438 e. The van der Waals surface area contributed by atoms with Crippen LogP contribution in [0.3, 0.4) is 0 Å². The molecule has 1 aliphatic heterocycles. The molecule has 0 saturated carbocycles. The van der Waals surface area contributed by atoms with Crippen molar-refractivity contribution in [2.75, 3.05) is 42.8 Å². The molecule has 4 N–H and O–H groups in total. The minimum Gasteiger partial charge on any atom is -0.438 e. The van der Waals surface area contributed by atoms with E-state index in [4.69, 9.17) is 4.42 Å². The maximum absolute atomic E-state index is 13.0. The first kappa shape index (κ1) is 25.9. The Morgan fingerprint density at radius 3 is 2.61 bits per heavy atom. The molecule has 3 heterocycles. The molecule has 11 nitrogen and oxygen atoms in total. The van der Waals surface area contributed by atoms with Crippen LogP contribution >= 0.6 is 11.8 Å². The maximum Gasteiger partial charge on any atom is 0.296 e.